The molecule has 1 atom stereocenters. The van der Waals surface area contributed by atoms with Crippen molar-refractivity contribution in [2.24, 2.45) is 0 Å². The van der Waals surface area contributed by atoms with E-state index in [0.29, 0.717) is 25.9 Å². The molecule has 0 aliphatic carbocycles. The van der Waals surface area contributed by atoms with Gasteiger partial charge in [-0.15, -0.1) is 0 Å². The Labute approximate surface area is 125 Å². The summed E-state index contributed by atoms with van der Waals surface area (Å²) < 4.78 is 17.9. The molecule has 0 bridgehead atoms. The average Bonchev–Trinajstić information content (AvgIpc) is 2.40. The summed E-state index contributed by atoms with van der Waals surface area (Å²) in [6.45, 7) is 14.8. The van der Waals surface area contributed by atoms with E-state index >= 15 is 0 Å². The van der Waals surface area contributed by atoms with Gasteiger partial charge in [0.2, 0.25) is 0 Å². The molecule has 0 radical (unpaired) electrons. The van der Waals surface area contributed by atoms with Gasteiger partial charge >= 0.3 is 8.80 Å². The van der Waals surface area contributed by atoms with Gasteiger partial charge < -0.3 is 18.2 Å². The fraction of sp³-hybridized carbons (Fsp3) is 1.00. The molecule has 1 aliphatic rings. The molecule has 0 spiro atoms. The summed E-state index contributed by atoms with van der Waals surface area (Å²) in [4.78, 5) is 4.90. The minimum absolute atomic E-state index is 0.444. The van der Waals surface area contributed by atoms with Gasteiger partial charge in [0, 0.05) is 58.1 Å². The third kappa shape index (κ3) is 5.42. The molecule has 1 aliphatic heterocycles. The lowest BCUT2D eigenvalue weighted by Gasteiger charge is -2.39. The van der Waals surface area contributed by atoms with Crippen LogP contribution in [0.3, 0.4) is 0 Å². The van der Waals surface area contributed by atoms with Gasteiger partial charge in [-0.25, -0.2) is 0 Å². The van der Waals surface area contributed by atoms with Crippen molar-refractivity contribution >= 4 is 8.80 Å². The predicted octanol–water partition coefficient (Wildman–Crippen LogP) is 1.67. The molecule has 1 rings (SSSR count). The summed E-state index contributed by atoms with van der Waals surface area (Å²) >= 11 is 0. The number of piperazine rings is 1. The first kappa shape index (κ1) is 18.1. The number of rotatable bonds is 9. The van der Waals surface area contributed by atoms with Crippen LogP contribution >= 0.6 is 0 Å². The Bertz CT molecular complexity index is 244. The Morgan fingerprint density at radius 3 is 1.75 bits per heavy atom. The van der Waals surface area contributed by atoms with E-state index in [4.69, 9.17) is 13.3 Å². The van der Waals surface area contributed by atoms with Gasteiger partial charge in [-0.05, 0) is 34.7 Å². The summed E-state index contributed by atoms with van der Waals surface area (Å²) in [6.07, 6.45) is 0. The van der Waals surface area contributed by atoms with Gasteiger partial charge in [-0.3, -0.25) is 4.90 Å². The van der Waals surface area contributed by atoms with Crippen LogP contribution in [0.25, 0.3) is 0 Å². The fourth-order valence-corrected chi connectivity index (χ4v) is 5.62. The van der Waals surface area contributed by atoms with Crippen molar-refractivity contribution in [1.82, 2.24) is 9.80 Å². The lowest BCUT2D eigenvalue weighted by atomic mass is 10.2. The monoisotopic (exact) mass is 304 g/mol. The maximum Gasteiger partial charge on any atom is 0.502 e. The van der Waals surface area contributed by atoms with Gasteiger partial charge in [0.15, 0.2) is 0 Å². The molecule has 0 amide bonds. The molecule has 0 N–H and O–H groups in total. The highest BCUT2D eigenvalue weighted by molar-refractivity contribution is 6.60. The zero-order valence-electron chi connectivity index (χ0n) is 13.9. The molecular weight excluding hydrogens is 272 g/mol. The quantitative estimate of drug-likeness (QED) is 0.605. The van der Waals surface area contributed by atoms with Crippen LogP contribution in [0, 0.1) is 0 Å². The van der Waals surface area contributed by atoms with Crippen molar-refractivity contribution in [3.05, 3.63) is 0 Å². The van der Waals surface area contributed by atoms with Gasteiger partial charge in [-0.1, -0.05) is 0 Å². The third-order valence-electron chi connectivity index (χ3n) is 3.80. The molecule has 1 unspecified atom stereocenters. The molecule has 120 valence electrons. The van der Waals surface area contributed by atoms with Gasteiger partial charge in [0.25, 0.3) is 0 Å². The van der Waals surface area contributed by atoms with Gasteiger partial charge in [0.05, 0.1) is 0 Å². The second kappa shape index (κ2) is 9.12. The summed E-state index contributed by atoms with van der Waals surface area (Å²) in [6, 6.07) is 1.33. The van der Waals surface area contributed by atoms with Crippen LogP contribution < -0.4 is 0 Å². The van der Waals surface area contributed by atoms with E-state index in [9.17, 15) is 0 Å². The summed E-state index contributed by atoms with van der Waals surface area (Å²) in [5.41, 5.74) is 0. The van der Waals surface area contributed by atoms with Crippen LogP contribution in [0.1, 0.15) is 27.7 Å². The SMILES string of the molecule is CCO[Si](CC(C)N1CCN(C)CC1)(OCC)OCC. The first-order valence-corrected chi connectivity index (χ1v) is 9.84. The second-order valence-corrected chi connectivity index (χ2v) is 8.01. The van der Waals surface area contributed by atoms with Crippen LogP contribution in [0.5, 0.6) is 0 Å². The molecule has 1 saturated heterocycles. The molecule has 0 saturated carbocycles. The maximum absolute atomic E-state index is 5.95. The zero-order chi connectivity index (χ0) is 15.0. The molecule has 0 aromatic heterocycles. The van der Waals surface area contributed by atoms with Gasteiger partial charge in [-0.2, -0.15) is 0 Å². The fourth-order valence-electron chi connectivity index (χ4n) is 2.72. The maximum atomic E-state index is 5.95. The van der Waals surface area contributed by atoms with Crippen molar-refractivity contribution in [3.8, 4) is 0 Å². The standard InChI is InChI=1S/C14H32N2O3Si/c1-6-17-20(18-7-2,19-8-3)13-14(4)16-11-9-15(5)10-12-16/h14H,6-13H2,1-5H3. The third-order valence-corrected chi connectivity index (χ3v) is 7.08. The highest BCUT2D eigenvalue weighted by Gasteiger charge is 2.43. The average molecular weight is 305 g/mol. The highest BCUT2D eigenvalue weighted by atomic mass is 28.4. The summed E-state index contributed by atoms with van der Waals surface area (Å²) in [5, 5.41) is 0. The zero-order valence-corrected chi connectivity index (χ0v) is 14.9. The van der Waals surface area contributed by atoms with E-state index < -0.39 is 8.80 Å². The minimum atomic E-state index is -2.51. The molecule has 0 aromatic carbocycles. The van der Waals surface area contributed by atoms with E-state index in [-0.39, 0.29) is 0 Å². The number of hydrogen-bond acceptors (Lipinski definition) is 5. The summed E-state index contributed by atoms with van der Waals surface area (Å²) in [7, 11) is -0.333. The van der Waals surface area contributed by atoms with Crippen LogP contribution in [0.2, 0.25) is 6.04 Å². The normalized spacial score (nSPS) is 20.2. The van der Waals surface area contributed by atoms with Crippen LogP contribution in [0.4, 0.5) is 0 Å². The topological polar surface area (TPSA) is 34.2 Å². The lowest BCUT2D eigenvalue weighted by Crippen LogP contribution is -2.54. The molecule has 5 nitrogen and oxygen atoms in total. The number of hydrogen-bond donors (Lipinski definition) is 0. The smallest absolute Gasteiger partial charge is 0.374 e. The molecule has 6 heteroatoms. The molecular formula is C14H32N2O3Si. The lowest BCUT2D eigenvalue weighted by molar-refractivity contribution is 0.0564. The Morgan fingerprint density at radius 1 is 0.900 bits per heavy atom. The Hall–Kier alpha value is 0.0169. The van der Waals surface area contributed by atoms with E-state index in [1.807, 2.05) is 20.8 Å². The van der Waals surface area contributed by atoms with Crippen LogP contribution in [-0.4, -0.2) is 77.7 Å². The molecule has 20 heavy (non-hydrogen) atoms. The number of likely N-dealkylation sites (N-methyl/N-ethyl adjacent to an activating group) is 1. The predicted molar refractivity (Wildman–Crippen MR) is 84.0 cm³/mol. The van der Waals surface area contributed by atoms with E-state index in [2.05, 4.69) is 23.8 Å². The van der Waals surface area contributed by atoms with Crippen LogP contribution in [0.15, 0.2) is 0 Å². The van der Waals surface area contributed by atoms with Crippen LogP contribution in [-0.2, 0) is 13.3 Å². The van der Waals surface area contributed by atoms with Crippen molar-refractivity contribution < 1.29 is 13.3 Å². The van der Waals surface area contributed by atoms with Crippen molar-refractivity contribution in [2.75, 3.05) is 53.0 Å². The van der Waals surface area contributed by atoms with E-state index in [0.717, 1.165) is 32.2 Å². The van der Waals surface area contributed by atoms with E-state index in [1.54, 1.807) is 0 Å². The Morgan fingerprint density at radius 2 is 1.35 bits per heavy atom. The minimum Gasteiger partial charge on any atom is -0.374 e. The second-order valence-electron chi connectivity index (χ2n) is 5.37. The molecule has 0 aromatic rings. The highest BCUT2D eigenvalue weighted by Crippen LogP contribution is 2.21. The first-order chi connectivity index (χ1) is 9.56. The molecule has 1 fully saturated rings. The summed E-state index contributed by atoms with van der Waals surface area (Å²) in [5.74, 6) is 0. The number of nitrogens with zero attached hydrogens (tertiary/aromatic N) is 2. The largest absolute Gasteiger partial charge is 0.502 e. The Kier molecular flexibility index (Phi) is 8.24. The molecule has 1 heterocycles. The van der Waals surface area contributed by atoms with Crippen molar-refractivity contribution in [1.29, 1.82) is 0 Å². The van der Waals surface area contributed by atoms with Crippen molar-refractivity contribution in [2.45, 2.75) is 39.8 Å². The van der Waals surface area contributed by atoms with Gasteiger partial charge in [0.1, 0.15) is 0 Å². The first-order valence-electron chi connectivity index (χ1n) is 7.91. The van der Waals surface area contributed by atoms with E-state index in [1.165, 1.54) is 0 Å². The van der Waals surface area contributed by atoms with Crippen molar-refractivity contribution in [3.63, 3.8) is 0 Å². The Balaban J connectivity index is 2.62.